The first kappa shape index (κ1) is 14.3. The highest BCUT2D eigenvalue weighted by Crippen LogP contribution is 2.48. The van der Waals surface area contributed by atoms with Gasteiger partial charge in [0, 0.05) is 10.8 Å². The zero-order valence-electron chi connectivity index (χ0n) is 12.4. The number of allylic oxidation sites excluding steroid dienone is 1. The van der Waals surface area contributed by atoms with Crippen molar-refractivity contribution in [2.75, 3.05) is 0 Å². The van der Waals surface area contributed by atoms with E-state index in [1.54, 1.807) is 11.3 Å². The van der Waals surface area contributed by atoms with Gasteiger partial charge in [-0.2, -0.15) is 0 Å². The molecule has 2 nitrogen and oxygen atoms in total. The second kappa shape index (κ2) is 4.68. The summed E-state index contributed by atoms with van der Waals surface area (Å²) in [5.41, 5.74) is -0.339. The molecule has 2 fully saturated rings. The van der Waals surface area contributed by atoms with Crippen LogP contribution in [0.1, 0.15) is 51.3 Å². The first-order valence-corrected chi connectivity index (χ1v) is 7.97. The molecule has 5 heteroatoms. The third kappa shape index (κ3) is 2.16. The maximum Gasteiger partial charge on any atom is 0.525 e. The first-order valence-electron chi connectivity index (χ1n) is 7.09. The molecule has 2 aliphatic rings. The summed E-state index contributed by atoms with van der Waals surface area (Å²) in [5.74, 6) is 0.217. The molecular weight excluding hydrogens is 274 g/mol. The topological polar surface area (TPSA) is 18.5 Å². The summed E-state index contributed by atoms with van der Waals surface area (Å²) < 4.78 is 26.3. The van der Waals surface area contributed by atoms with Crippen molar-refractivity contribution in [3.63, 3.8) is 0 Å². The zero-order chi connectivity index (χ0) is 14.5. The number of hydrogen-bond acceptors (Lipinski definition) is 3. The molecule has 1 aliphatic heterocycles. The number of thiophene rings is 1. The molecule has 1 aromatic rings. The summed E-state index contributed by atoms with van der Waals surface area (Å²) in [6.07, 6.45) is 1.82. The molecule has 1 aliphatic carbocycles. The lowest BCUT2D eigenvalue weighted by Gasteiger charge is -2.32. The van der Waals surface area contributed by atoms with Crippen LogP contribution < -0.4 is 0 Å². The van der Waals surface area contributed by atoms with Gasteiger partial charge in [-0.1, -0.05) is 6.07 Å². The SMILES string of the molecule is CC1(C)OB(C(F)=C2CCC2c2cccs2)OC1(C)C. The van der Waals surface area contributed by atoms with E-state index >= 15 is 0 Å². The molecule has 108 valence electrons. The third-order valence-corrected chi connectivity index (χ3v) is 5.76. The summed E-state index contributed by atoms with van der Waals surface area (Å²) in [6, 6.07) is 4.09. The Balaban J connectivity index is 1.83. The van der Waals surface area contributed by atoms with Gasteiger partial charge in [-0.15, -0.1) is 11.3 Å². The summed E-state index contributed by atoms with van der Waals surface area (Å²) in [7, 11) is -0.849. The van der Waals surface area contributed by atoms with Gasteiger partial charge in [0.15, 0.2) is 0 Å². The van der Waals surface area contributed by atoms with Crippen molar-refractivity contribution in [2.45, 2.75) is 57.7 Å². The van der Waals surface area contributed by atoms with Crippen LogP contribution in [0.2, 0.25) is 0 Å². The Bertz CT molecular complexity index is 520. The van der Waals surface area contributed by atoms with E-state index in [-0.39, 0.29) is 11.6 Å². The van der Waals surface area contributed by atoms with Gasteiger partial charge >= 0.3 is 7.12 Å². The lowest BCUT2D eigenvalue weighted by molar-refractivity contribution is 0.00578. The average molecular weight is 294 g/mol. The molecular formula is C15H20BFO2S. The van der Waals surface area contributed by atoms with Crippen LogP contribution in [0.3, 0.4) is 0 Å². The second-order valence-electron chi connectivity index (χ2n) is 6.57. The largest absolute Gasteiger partial charge is 0.525 e. The smallest absolute Gasteiger partial charge is 0.398 e. The Hall–Kier alpha value is -0.645. The van der Waals surface area contributed by atoms with Crippen LogP contribution in [-0.2, 0) is 9.31 Å². The zero-order valence-corrected chi connectivity index (χ0v) is 13.2. The molecule has 0 spiro atoms. The van der Waals surface area contributed by atoms with Crippen LogP contribution in [-0.4, -0.2) is 18.3 Å². The van der Waals surface area contributed by atoms with E-state index in [0.29, 0.717) is 0 Å². The number of rotatable bonds is 2. The van der Waals surface area contributed by atoms with Crippen LogP contribution in [0.15, 0.2) is 28.8 Å². The van der Waals surface area contributed by atoms with E-state index in [0.717, 1.165) is 18.4 Å². The molecule has 3 rings (SSSR count). The summed E-state index contributed by atoms with van der Waals surface area (Å²) in [5, 5.41) is 2.04. The van der Waals surface area contributed by atoms with Gasteiger partial charge in [0.2, 0.25) is 0 Å². The van der Waals surface area contributed by atoms with Gasteiger partial charge in [-0.3, -0.25) is 0 Å². The molecule has 2 heterocycles. The third-order valence-electron chi connectivity index (χ3n) is 4.78. The molecule has 0 aromatic carbocycles. The van der Waals surface area contributed by atoms with E-state index < -0.39 is 18.3 Å². The van der Waals surface area contributed by atoms with Crippen LogP contribution in [0.25, 0.3) is 0 Å². The van der Waals surface area contributed by atoms with Crippen LogP contribution in [0.5, 0.6) is 0 Å². The molecule has 1 saturated heterocycles. The van der Waals surface area contributed by atoms with Gasteiger partial charge in [0.05, 0.1) is 11.2 Å². The Morgan fingerprint density at radius 2 is 1.95 bits per heavy atom. The van der Waals surface area contributed by atoms with Crippen LogP contribution >= 0.6 is 11.3 Å². The fraction of sp³-hybridized carbons (Fsp3) is 0.600. The minimum absolute atomic E-state index is 0.215. The van der Waals surface area contributed by atoms with E-state index in [2.05, 4.69) is 6.07 Å². The maximum absolute atomic E-state index is 14.7. The second-order valence-corrected chi connectivity index (χ2v) is 7.55. The van der Waals surface area contributed by atoms with Gasteiger partial charge in [0.25, 0.3) is 0 Å². The summed E-state index contributed by atoms with van der Waals surface area (Å²) >= 11 is 1.69. The predicted octanol–water partition coefficient (Wildman–Crippen LogP) is 4.48. The van der Waals surface area contributed by atoms with Crippen molar-refractivity contribution >= 4 is 18.5 Å². The van der Waals surface area contributed by atoms with Crippen molar-refractivity contribution < 1.29 is 13.7 Å². The van der Waals surface area contributed by atoms with Crippen LogP contribution in [0, 0.1) is 0 Å². The van der Waals surface area contributed by atoms with E-state index in [4.69, 9.17) is 9.31 Å². The summed E-state index contributed by atoms with van der Waals surface area (Å²) in [6.45, 7) is 7.79. The molecule has 1 atom stereocenters. The van der Waals surface area contributed by atoms with E-state index in [1.807, 2.05) is 39.1 Å². The molecule has 1 saturated carbocycles. The molecule has 0 bridgehead atoms. The molecule has 0 N–H and O–H groups in total. The Kier molecular flexibility index (Phi) is 3.35. The Labute approximate surface area is 124 Å². The molecule has 1 aromatic heterocycles. The van der Waals surface area contributed by atoms with Gasteiger partial charge in [-0.25, -0.2) is 4.39 Å². The Morgan fingerprint density at radius 1 is 1.30 bits per heavy atom. The highest BCUT2D eigenvalue weighted by Gasteiger charge is 2.54. The molecule has 0 radical (unpaired) electrons. The fourth-order valence-electron chi connectivity index (χ4n) is 2.62. The first-order chi connectivity index (χ1) is 9.32. The normalized spacial score (nSPS) is 30.2. The average Bonchev–Trinajstić information content (AvgIpc) is 2.85. The minimum atomic E-state index is -0.849. The minimum Gasteiger partial charge on any atom is -0.398 e. The fourth-order valence-corrected chi connectivity index (χ4v) is 3.52. The number of halogens is 1. The Morgan fingerprint density at radius 3 is 2.40 bits per heavy atom. The van der Waals surface area contributed by atoms with Crippen molar-refractivity contribution in [1.82, 2.24) is 0 Å². The monoisotopic (exact) mass is 294 g/mol. The predicted molar refractivity (Wildman–Crippen MR) is 80.5 cm³/mol. The highest BCUT2D eigenvalue weighted by molar-refractivity contribution is 7.10. The van der Waals surface area contributed by atoms with Gasteiger partial charge in [0.1, 0.15) is 5.73 Å². The standard InChI is InChI=1S/C15H20BFO2S/c1-14(2)15(3,4)19-16(18-14)13(17)11-8-7-10(11)12-6-5-9-20-12/h5-6,9-10H,7-8H2,1-4H3. The maximum atomic E-state index is 14.7. The highest BCUT2D eigenvalue weighted by atomic mass is 32.1. The van der Waals surface area contributed by atoms with Crippen molar-refractivity contribution in [3.05, 3.63) is 33.7 Å². The lowest BCUT2D eigenvalue weighted by atomic mass is 9.71. The van der Waals surface area contributed by atoms with Gasteiger partial charge in [-0.05, 0) is 57.6 Å². The van der Waals surface area contributed by atoms with Gasteiger partial charge < -0.3 is 9.31 Å². The van der Waals surface area contributed by atoms with E-state index in [9.17, 15) is 4.39 Å². The van der Waals surface area contributed by atoms with Crippen LogP contribution in [0.4, 0.5) is 4.39 Å². The van der Waals surface area contributed by atoms with Crippen molar-refractivity contribution in [3.8, 4) is 0 Å². The van der Waals surface area contributed by atoms with Crippen molar-refractivity contribution in [2.24, 2.45) is 0 Å². The van der Waals surface area contributed by atoms with E-state index in [1.165, 1.54) is 4.88 Å². The quantitative estimate of drug-likeness (QED) is 0.749. The molecule has 0 amide bonds. The van der Waals surface area contributed by atoms with Crippen molar-refractivity contribution in [1.29, 1.82) is 0 Å². The summed E-state index contributed by atoms with van der Waals surface area (Å²) in [4.78, 5) is 1.23. The lowest BCUT2D eigenvalue weighted by Crippen LogP contribution is -2.41. The molecule has 1 unspecified atom stereocenters. The number of hydrogen-bond donors (Lipinski definition) is 0. The molecule has 20 heavy (non-hydrogen) atoms.